The van der Waals surface area contributed by atoms with Gasteiger partial charge in [-0.3, -0.25) is 14.6 Å². The second-order valence-electron chi connectivity index (χ2n) is 4.49. The van der Waals surface area contributed by atoms with Gasteiger partial charge in [0.15, 0.2) is 0 Å². The highest BCUT2D eigenvalue weighted by Crippen LogP contribution is 2.02. The molecule has 1 aromatic rings. The van der Waals surface area contributed by atoms with Crippen molar-refractivity contribution in [3.8, 4) is 0 Å². The van der Waals surface area contributed by atoms with E-state index >= 15 is 0 Å². The topological polar surface area (TPSA) is 79.3 Å². The predicted molar refractivity (Wildman–Crippen MR) is 67.1 cm³/mol. The first kappa shape index (κ1) is 14.2. The molecule has 0 aliphatic rings. The Morgan fingerprint density at radius 3 is 2.72 bits per heavy atom. The van der Waals surface area contributed by atoms with E-state index in [9.17, 15) is 9.59 Å². The summed E-state index contributed by atoms with van der Waals surface area (Å²) in [5, 5.41) is 11.3. The van der Waals surface area contributed by atoms with Gasteiger partial charge < -0.3 is 10.4 Å². The van der Waals surface area contributed by atoms with Crippen molar-refractivity contribution >= 4 is 11.9 Å². The van der Waals surface area contributed by atoms with Crippen LogP contribution in [0.5, 0.6) is 0 Å². The highest BCUT2D eigenvalue weighted by Gasteiger charge is 2.09. The Hall–Kier alpha value is -1.91. The number of carbonyl (C=O) groups excluding carboxylic acids is 1. The second kappa shape index (κ2) is 6.74. The van der Waals surface area contributed by atoms with Crippen LogP contribution in [0.4, 0.5) is 0 Å². The zero-order valence-corrected chi connectivity index (χ0v) is 10.6. The minimum atomic E-state index is -0.848. The molecule has 0 aliphatic heterocycles. The number of nitrogens with one attached hydrogen (secondary N) is 1. The zero-order valence-electron chi connectivity index (χ0n) is 10.6. The van der Waals surface area contributed by atoms with Crippen molar-refractivity contribution in [3.63, 3.8) is 0 Å². The van der Waals surface area contributed by atoms with Crippen molar-refractivity contribution in [2.75, 3.05) is 6.54 Å². The number of carbonyl (C=O) groups is 2. The molecule has 5 nitrogen and oxygen atoms in total. The van der Waals surface area contributed by atoms with Gasteiger partial charge in [-0.1, -0.05) is 13.0 Å². The fourth-order valence-electron chi connectivity index (χ4n) is 1.51. The molecule has 1 atom stereocenters. The smallest absolute Gasteiger partial charge is 0.303 e. The molecule has 1 aromatic heterocycles. The fraction of sp³-hybridized carbons (Fsp3) is 0.462. The molecule has 0 bridgehead atoms. The Morgan fingerprint density at radius 1 is 1.44 bits per heavy atom. The highest BCUT2D eigenvalue weighted by atomic mass is 16.4. The van der Waals surface area contributed by atoms with Crippen LogP contribution >= 0.6 is 0 Å². The normalized spacial score (nSPS) is 11.9. The molecule has 1 heterocycles. The Balaban J connectivity index is 2.33. The van der Waals surface area contributed by atoms with Crippen molar-refractivity contribution in [3.05, 3.63) is 29.6 Å². The van der Waals surface area contributed by atoms with E-state index in [1.165, 1.54) is 0 Å². The van der Waals surface area contributed by atoms with Gasteiger partial charge in [0.25, 0.3) is 0 Å². The minimum Gasteiger partial charge on any atom is -0.481 e. The SMILES string of the molecule is Cc1ccc(CC(=O)NCC(C)CC(=O)O)cn1. The number of hydrogen-bond donors (Lipinski definition) is 2. The second-order valence-corrected chi connectivity index (χ2v) is 4.49. The van der Waals surface area contributed by atoms with Gasteiger partial charge in [0, 0.05) is 24.9 Å². The van der Waals surface area contributed by atoms with Gasteiger partial charge in [-0.05, 0) is 24.5 Å². The maximum Gasteiger partial charge on any atom is 0.303 e. The van der Waals surface area contributed by atoms with E-state index in [1.807, 2.05) is 19.1 Å². The molecule has 1 unspecified atom stereocenters. The van der Waals surface area contributed by atoms with Gasteiger partial charge in [0.2, 0.25) is 5.91 Å². The lowest BCUT2D eigenvalue weighted by Gasteiger charge is -2.10. The number of nitrogens with zero attached hydrogens (tertiary/aromatic N) is 1. The summed E-state index contributed by atoms with van der Waals surface area (Å²) in [4.78, 5) is 26.2. The standard InChI is InChI=1S/C13H18N2O3/c1-9(5-13(17)18)7-15-12(16)6-11-4-3-10(2)14-8-11/h3-4,8-9H,5-7H2,1-2H3,(H,15,16)(H,17,18). The van der Waals surface area contributed by atoms with Gasteiger partial charge >= 0.3 is 5.97 Å². The van der Waals surface area contributed by atoms with Crippen molar-refractivity contribution in [1.29, 1.82) is 0 Å². The van der Waals surface area contributed by atoms with E-state index in [0.29, 0.717) is 6.54 Å². The van der Waals surface area contributed by atoms with Crippen LogP contribution in [0.25, 0.3) is 0 Å². The van der Waals surface area contributed by atoms with E-state index in [4.69, 9.17) is 5.11 Å². The third-order valence-electron chi connectivity index (χ3n) is 2.51. The average molecular weight is 250 g/mol. The zero-order chi connectivity index (χ0) is 13.5. The lowest BCUT2D eigenvalue weighted by atomic mass is 10.1. The number of carboxylic acids is 1. The van der Waals surface area contributed by atoms with Crippen molar-refractivity contribution in [2.45, 2.75) is 26.7 Å². The van der Waals surface area contributed by atoms with E-state index < -0.39 is 5.97 Å². The maximum absolute atomic E-state index is 11.6. The lowest BCUT2D eigenvalue weighted by molar-refractivity contribution is -0.138. The number of pyridine rings is 1. The quantitative estimate of drug-likeness (QED) is 0.794. The summed E-state index contributed by atoms with van der Waals surface area (Å²) in [6, 6.07) is 3.72. The minimum absolute atomic E-state index is 0.0619. The first-order valence-corrected chi connectivity index (χ1v) is 5.87. The number of amides is 1. The van der Waals surface area contributed by atoms with Gasteiger partial charge in [0.05, 0.1) is 6.42 Å². The summed E-state index contributed by atoms with van der Waals surface area (Å²) >= 11 is 0. The van der Waals surface area contributed by atoms with Crippen molar-refractivity contribution in [1.82, 2.24) is 10.3 Å². The predicted octanol–water partition coefficient (Wildman–Crippen LogP) is 1.16. The lowest BCUT2D eigenvalue weighted by Crippen LogP contribution is -2.30. The van der Waals surface area contributed by atoms with E-state index in [0.717, 1.165) is 11.3 Å². The molecule has 2 N–H and O–H groups in total. The van der Waals surface area contributed by atoms with E-state index in [-0.39, 0.29) is 24.7 Å². The maximum atomic E-state index is 11.6. The fourth-order valence-corrected chi connectivity index (χ4v) is 1.51. The molecular weight excluding hydrogens is 232 g/mol. The van der Waals surface area contributed by atoms with Crippen LogP contribution in [0.1, 0.15) is 24.6 Å². The number of aliphatic carboxylic acids is 1. The Labute approximate surface area is 106 Å². The highest BCUT2D eigenvalue weighted by molar-refractivity contribution is 5.78. The van der Waals surface area contributed by atoms with Crippen LogP contribution in [0, 0.1) is 12.8 Å². The molecule has 0 saturated carbocycles. The number of aromatic nitrogens is 1. The largest absolute Gasteiger partial charge is 0.481 e. The average Bonchev–Trinajstić information content (AvgIpc) is 2.29. The molecular formula is C13H18N2O3. The summed E-state index contributed by atoms with van der Waals surface area (Å²) in [7, 11) is 0. The summed E-state index contributed by atoms with van der Waals surface area (Å²) < 4.78 is 0. The third-order valence-corrected chi connectivity index (χ3v) is 2.51. The molecule has 0 aromatic carbocycles. The van der Waals surface area contributed by atoms with Crippen LogP contribution in [0.15, 0.2) is 18.3 Å². The summed E-state index contributed by atoms with van der Waals surface area (Å²) in [6.07, 6.45) is 2.01. The number of carboxylic acid groups (broad SMARTS) is 1. The number of aryl methyl sites for hydroxylation is 1. The number of rotatable bonds is 6. The summed E-state index contributed by atoms with van der Waals surface area (Å²) in [5.74, 6) is -1.03. The van der Waals surface area contributed by atoms with E-state index in [2.05, 4.69) is 10.3 Å². The molecule has 0 fully saturated rings. The Morgan fingerprint density at radius 2 is 2.17 bits per heavy atom. The molecule has 0 radical (unpaired) electrons. The van der Waals surface area contributed by atoms with Gasteiger partial charge in [0.1, 0.15) is 0 Å². The molecule has 1 amide bonds. The molecule has 0 aliphatic carbocycles. The van der Waals surface area contributed by atoms with Crippen LogP contribution in [0.3, 0.4) is 0 Å². The Bertz CT molecular complexity index is 415. The van der Waals surface area contributed by atoms with Crippen molar-refractivity contribution < 1.29 is 14.7 Å². The van der Waals surface area contributed by atoms with Gasteiger partial charge in [-0.15, -0.1) is 0 Å². The molecule has 5 heteroatoms. The molecule has 98 valence electrons. The van der Waals surface area contributed by atoms with Crippen LogP contribution in [-0.2, 0) is 16.0 Å². The summed E-state index contributed by atoms with van der Waals surface area (Å²) in [6.45, 7) is 4.06. The molecule has 0 saturated heterocycles. The monoisotopic (exact) mass is 250 g/mol. The first-order valence-electron chi connectivity index (χ1n) is 5.87. The van der Waals surface area contributed by atoms with Gasteiger partial charge in [-0.2, -0.15) is 0 Å². The van der Waals surface area contributed by atoms with Crippen LogP contribution in [0.2, 0.25) is 0 Å². The Kier molecular flexibility index (Phi) is 5.30. The molecule has 18 heavy (non-hydrogen) atoms. The summed E-state index contributed by atoms with van der Waals surface area (Å²) in [5.41, 5.74) is 1.76. The number of hydrogen-bond acceptors (Lipinski definition) is 3. The third kappa shape index (κ3) is 5.43. The van der Waals surface area contributed by atoms with E-state index in [1.54, 1.807) is 13.1 Å². The first-order chi connectivity index (χ1) is 8.47. The van der Waals surface area contributed by atoms with Crippen LogP contribution in [-0.4, -0.2) is 28.5 Å². The van der Waals surface area contributed by atoms with Crippen LogP contribution < -0.4 is 5.32 Å². The van der Waals surface area contributed by atoms with Crippen molar-refractivity contribution in [2.24, 2.45) is 5.92 Å². The molecule has 0 spiro atoms. The molecule has 1 rings (SSSR count). The van der Waals surface area contributed by atoms with Gasteiger partial charge in [-0.25, -0.2) is 0 Å².